The molecule has 2 rings (SSSR count). The fraction of sp³-hybridized carbons (Fsp3) is 0.471. The summed E-state index contributed by atoms with van der Waals surface area (Å²) in [6.07, 6.45) is 0. The van der Waals surface area contributed by atoms with Gasteiger partial charge in [0, 0.05) is 12.1 Å². The van der Waals surface area contributed by atoms with Crippen LogP contribution in [0.15, 0.2) is 18.2 Å². The van der Waals surface area contributed by atoms with Gasteiger partial charge in [0.1, 0.15) is 5.54 Å². The molecule has 1 heterocycles. The summed E-state index contributed by atoms with van der Waals surface area (Å²) in [5.41, 5.74) is -1.11. The number of amides is 3. The Balaban J connectivity index is 2.28. The molecular formula is C17H22N2O6. The minimum atomic E-state index is -1.57. The largest absolute Gasteiger partial charge is 0.394 e. The molecule has 1 aromatic carbocycles. The Morgan fingerprint density at radius 2 is 1.64 bits per heavy atom. The Morgan fingerprint density at radius 3 is 2.16 bits per heavy atom. The third kappa shape index (κ3) is 3.55. The molecule has 1 aromatic rings. The average molecular weight is 350 g/mol. The maximum atomic E-state index is 12.4. The van der Waals surface area contributed by atoms with Crippen LogP contribution in [0.5, 0.6) is 0 Å². The number of carbonyl (C=O) groups excluding carboxylic acids is 3. The molecule has 0 saturated heterocycles. The van der Waals surface area contributed by atoms with E-state index in [0.717, 1.165) is 4.90 Å². The van der Waals surface area contributed by atoms with Gasteiger partial charge in [0.05, 0.1) is 30.9 Å². The van der Waals surface area contributed by atoms with Gasteiger partial charge >= 0.3 is 0 Å². The van der Waals surface area contributed by atoms with Crippen LogP contribution in [0, 0.1) is 5.92 Å². The van der Waals surface area contributed by atoms with E-state index < -0.39 is 43.1 Å². The van der Waals surface area contributed by atoms with Crippen molar-refractivity contribution in [2.75, 3.05) is 26.4 Å². The van der Waals surface area contributed by atoms with E-state index in [1.807, 2.05) is 13.8 Å². The molecule has 0 aromatic heterocycles. The van der Waals surface area contributed by atoms with Crippen LogP contribution in [-0.2, 0) is 0 Å². The van der Waals surface area contributed by atoms with Crippen LogP contribution in [0.4, 0.5) is 0 Å². The maximum Gasteiger partial charge on any atom is 0.261 e. The molecule has 0 spiro atoms. The molecule has 3 amide bonds. The van der Waals surface area contributed by atoms with Gasteiger partial charge in [-0.15, -0.1) is 0 Å². The standard InChI is InChI=1S/C17H22N2O6/c1-10(2)6-19-15(24)12-4-3-11(5-13(12)16(19)25)14(23)18-17(7-20,8-21)9-22/h3-5,10,20-22H,6-9H2,1-2H3,(H,18,23). The molecular weight excluding hydrogens is 328 g/mol. The first kappa shape index (κ1) is 19.0. The predicted octanol–water partition coefficient (Wildman–Crippen LogP) is -0.616. The molecule has 0 unspecified atom stereocenters. The van der Waals surface area contributed by atoms with Gasteiger partial charge < -0.3 is 20.6 Å². The predicted molar refractivity (Wildman–Crippen MR) is 88.1 cm³/mol. The lowest BCUT2D eigenvalue weighted by atomic mass is 10.0. The molecule has 0 bridgehead atoms. The summed E-state index contributed by atoms with van der Waals surface area (Å²) in [5, 5.41) is 30.2. The number of imide groups is 1. The lowest BCUT2D eigenvalue weighted by molar-refractivity contribution is 0.0375. The summed E-state index contributed by atoms with van der Waals surface area (Å²) in [6, 6.07) is 4.10. The molecule has 0 radical (unpaired) electrons. The third-order valence-corrected chi connectivity index (χ3v) is 4.07. The summed E-state index contributed by atoms with van der Waals surface area (Å²) in [7, 11) is 0. The van der Waals surface area contributed by atoms with Gasteiger partial charge in [-0.25, -0.2) is 0 Å². The Hall–Kier alpha value is -2.29. The van der Waals surface area contributed by atoms with E-state index in [1.165, 1.54) is 18.2 Å². The number of fused-ring (bicyclic) bond motifs is 1. The summed E-state index contributed by atoms with van der Waals surface area (Å²) >= 11 is 0. The number of benzene rings is 1. The molecule has 0 saturated carbocycles. The van der Waals surface area contributed by atoms with Crippen LogP contribution in [0.25, 0.3) is 0 Å². The second kappa shape index (κ2) is 7.30. The zero-order chi connectivity index (χ0) is 18.8. The van der Waals surface area contributed by atoms with Crippen molar-refractivity contribution >= 4 is 17.7 Å². The van der Waals surface area contributed by atoms with E-state index in [0.29, 0.717) is 0 Å². The fourth-order valence-electron chi connectivity index (χ4n) is 2.54. The number of hydrogen-bond donors (Lipinski definition) is 4. The summed E-state index contributed by atoms with van der Waals surface area (Å²) < 4.78 is 0. The number of aliphatic hydroxyl groups excluding tert-OH is 3. The van der Waals surface area contributed by atoms with Crippen molar-refractivity contribution in [1.29, 1.82) is 0 Å². The van der Waals surface area contributed by atoms with Crippen LogP contribution >= 0.6 is 0 Å². The molecule has 8 heteroatoms. The second-order valence-electron chi connectivity index (χ2n) is 6.58. The molecule has 0 aliphatic carbocycles. The lowest BCUT2D eigenvalue weighted by Gasteiger charge is -2.28. The van der Waals surface area contributed by atoms with Crippen LogP contribution in [-0.4, -0.2) is 69.8 Å². The van der Waals surface area contributed by atoms with Crippen molar-refractivity contribution in [2.45, 2.75) is 19.4 Å². The minimum absolute atomic E-state index is 0.0889. The number of nitrogens with zero attached hydrogens (tertiary/aromatic N) is 1. The van der Waals surface area contributed by atoms with Crippen LogP contribution in [0.2, 0.25) is 0 Å². The van der Waals surface area contributed by atoms with Gasteiger partial charge in [-0.1, -0.05) is 13.8 Å². The van der Waals surface area contributed by atoms with Crippen LogP contribution < -0.4 is 5.32 Å². The summed E-state index contributed by atoms with van der Waals surface area (Å²) in [5.74, 6) is -1.41. The summed E-state index contributed by atoms with van der Waals surface area (Å²) in [6.45, 7) is 2.10. The molecule has 25 heavy (non-hydrogen) atoms. The highest BCUT2D eigenvalue weighted by molar-refractivity contribution is 6.22. The highest BCUT2D eigenvalue weighted by atomic mass is 16.3. The van der Waals surface area contributed by atoms with Gasteiger partial charge in [0.25, 0.3) is 17.7 Å². The molecule has 1 aliphatic rings. The van der Waals surface area contributed by atoms with Crippen molar-refractivity contribution in [1.82, 2.24) is 10.2 Å². The van der Waals surface area contributed by atoms with Crippen molar-refractivity contribution in [2.24, 2.45) is 5.92 Å². The zero-order valence-corrected chi connectivity index (χ0v) is 14.2. The molecule has 4 N–H and O–H groups in total. The normalized spacial score (nSPS) is 14.2. The van der Waals surface area contributed by atoms with Crippen molar-refractivity contribution in [3.8, 4) is 0 Å². The fourth-order valence-corrected chi connectivity index (χ4v) is 2.54. The van der Waals surface area contributed by atoms with E-state index >= 15 is 0 Å². The van der Waals surface area contributed by atoms with Crippen molar-refractivity contribution in [3.05, 3.63) is 34.9 Å². The highest BCUT2D eigenvalue weighted by Gasteiger charge is 2.37. The van der Waals surface area contributed by atoms with Gasteiger partial charge in [0.15, 0.2) is 0 Å². The Kier molecular flexibility index (Phi) is 5.56. The smallest absolute Gasteiger partial charge is 0.261 e. The molecule has 0 fully saturated rings. The topological polar surface area (TPSA) is 127 Å². The van der Waals surface area contributed by atoms with Crippen LogP contribution in [0.3, 0.4) is 0 Å². The van der Waals surface area contributed by atoms with Crippen molar-refractivity contribution in [3.63, 3.8) is 0 Å². The van der Waals surface area contributed by atoms with E-state index in [9.17, 15) is 29.7 Å². The van der Waals surface area contributed by atoms with Crippen molar-refractivity contribution < 1.29 is 29.7 Å². The lowest BCUT2D eigenvalue weighted by Crippen LogP contribution is -2.57. The number of nitrogens with one attached hydrogen (secondary N) is 1. The number of carbonyl (C=O) groups is 3. The summed E-state index contributed by atoms with van der Waals surface area (Å²) in [4.78, 5) is 38.2. The van der Waals surface area contributed by atoms with Crippen LogP contribution in [0.1, 0.15) is 44.9 Å². The van der Waals surface area contributed by atoms with Gasteiger partial charge in [-0.05, 0) is 24.1 Å². The monoisotopic (exact) mass is 350 g/mol. The molecule has 136 valence electrons. The molecule has 1 aliphatic heterocycles. The average Bonchev–Trinajstić information content (AvgIpc) is 2.84. The maximum absolute atomic E-state index is 12.4. The number of hydrogen-bond acceptors (Lipinski definition) is 6. The zero-order valence-electron chi connectivity index (χ0n) is 14.2. The number of rotatable bonds is 7. The van der Waals surface area contributed by atoms with E-state index in [-0.39, 0.29) is 29.2 Å². The highest BCUT2D eigenvalue weighted by Crippen LogP contribution is 2.25. The SMILES string of the molecule is CC(C)CN1C(=O)c2ccc(C(=O)NC(CO)(CO)CO)cc2C1=O. The van der Waals surface area contributed by atoms with E-state index in [1.54, 1.807) is 0 Å². The Morgan fingerprint density at radius 1 is 1.08 bits per heavy atom. The quantitative estimate of drug-likeness (QED) is 0.486. The van der Waals surface area contributed by atoms with E-state index in [2.05, 4.69) is 5.32 Å². The third-order valence-electron chi connectivity index (χ3n) is 4.07. The molecule has 8 nitrogen and oxygen atoms in total. The first-order valence-electron chi connectivity index (χ1n) is 7.94. The first-order valence-corrected chi connectivity index (χ1v) is 7.94. The van der Waals surface area contributed by atoms with Gasteiger partial charge in [-0.3, -0.25) is 19.3 Å². The van der Waals surface area contributed by atoms with Gasteiger partial charge in [0.2, 0.25) is 0 Å². The van der Waals surface area contributed by atoms with Gasteiger partial charge in [-0.2, -0.15) is 0 Å². The van der Waals surface area contributed by atoms with E-state index in [4.69, 9.17) is 0 Å². The molecule has 0 atom stereocenters. The minimum Gasteiger partial charge on any atom is -0.394 e. The number of aliphatic hydroxyl groups is 3. The second-order valence-corrected chi connectivity index (χ2v) is 6.58. The Labute approximate surface area is 145 Å². The first-order chi connectivity index (χ1) is 11.8. The Bertz CT molecular complexity index is 688.